The van der Waals surface area contributed by atoms with Crippen molar-refractivity contribution < 1.29 is 24.2 Å². The molecule has 1 saturated carbocycles. The van der Waals surface area contributed by atoms with Gasteiger partial charge in [-0.15, -0.1) is 0 Å². The fourth-order valence-corrected chi connectivity index (χ4v) is 3.48. The Balaban J connectivity index is 2.05. The van der Waals surface area contributed by atoms with Gasteiger partial charge in [-0.3, -0.25) is 9.59 Å². The van der Waals surface area contributed by atoms with E-state index in [2.05, 4.69) is 0 Å². The standard InChI is InChI=1S/C15H25NO5/c1-20-9-7-14(4-3-5-14)12(17)16-8-6-15(10-16,11-21-2)13(18)19/h3-11H2,1-2H3,(H,18,19). The Morgan fingerprint density at radius 1 is 1.14 bits per heavy atom. The van der Waals surface area contributed by atoms with Gasteiger partial charge in [0.2, 0.25) is 5.91 Å². The fraction of sp³-hybridized carbons (Fsp3) is 0.867. The SMILES string of the molecule is COCCC1(C(=O)N2CCC(COC)(C(=O)O)C2)CCC1. The number of carboxylic acid groups (broad SMARTS) is 1. The van der Waals surface area contributed by atoms with Crippen LogP contribution in [0.4, 0.5) is 0 Å². The molecule has 1 aliphatic carbocycles. The maximum Gasteiger partial charge on any atom is 0.313 e. The normalized spacial score (nSPS) is 27.4. The van der Waals surface area contributed by atoms with E-state index in [0.29, 0.717) is 19.6 Å². The topological polar surface area (TPSA) is 76.1 Å². The second-order valence-electron chi connectivity index (χ2n) is 6.37. The first-order valence-corrected chi connectivity index (χ1v) is 7.50. The van der Waals surface area contributed by atoms with Gasteiger partial charge >= 0.3 is 5.97 Å². The van der Waals surface area contributed by atoms with Crippen molar-refractivity contribution in [2.24, 2.45) is 10.8 Å². The molecule has 2 aliphatic rings. The number of ether oxygens (including phenoxy) is 2. The molecule has 0 aromatic heterocycles. The number of nitrogens with zero attached hydrogens (tertiary/aromatic N) is 1. The van der Waals surface area contributed by atoms with Gasteiger partial charge in [0.05, 0.1) is 12.0 Å². The molecule has 1 unspecified atom stereocenters. The van der Waals surface area contributed by atoms with Crippen LogP contribution < -0.4 is 0 Å². The molecule has 0 aromatic carbocycles. The summed E-state index contributed by atoms with van der Waals surface area (Å²) in [7, 11) is 3.14. The van der Waals surface area contributed by atoms with E-state index in [9.17, 15) is 14.7 Å². The molecule has 1 aliphatic heterocycles. The van der Waals surface area contributed by atoms with E-state index in [-0.39, 0.29) is 24.5 Å². The van der Waals surface area contributed by atoms with Gasteiger partial charge in [0.1, 0.15) is 5.41 Å². The van der Waals surface area contributed by atoms with Gasteiger partial charge in [-0.2, -0.15) is 0 Å². The minimum absolute atomic E-state index is 0.102. The lowest BCUT2D eigenvalue weighted by atomic mass is 9.66. The van der Waals surface area contributed by atoms with Gasteiger partial charge in [-0.05, 0) is 25.7 Å². The molecule has 6 nitrogen and oxygen atoms in total. The van der Waals surface area contributed by atoms with Crippen LogP contribution in [0.2, 0.25) is 0 Å². The van der Waals surface area contributed by atoms with Crippen LogP contribution >= 0.6 is 0 Å². The van der Waals surface area contributed by atoms with Crippen molar-refractivity contribution in [2.45, 2.75) is 32.1 Å². The number of rotatable bonds is 7. The summed E-state index contributed by atoms with van der Waals surface area (Å²) in [5, 5.41) is 9.47. The molecule has 0 bridgehead atoms. The Bertz CT molecular complexity index is 407. The summed E-state index contributed by atoms with van der Waals surface area (Å²) in [6.07, 6.45) is 4.02. The summed E-state index contributed by atoms with van der Waals surface area (Å²) in [5.74, 6) is -0.774. The number of hydrogen-bond acceptors (Lipinski definition) is 4. The summed E-state index contributed by atoms with van der Waals surface area (Å²) in [6, 6.07) is 0. The van der Waals surface area contributed by atoms with Crippen molar-refractivity contribution in [1.82, 2.24) is 4.90 Å². The molecule has 120 valence electrons. The molecule has 1 amide bonds. The van der Waals surface area contributed by atoms with Crippen molar-refractivity contribution in [3.05, 3.63) is 0 Å². The molecule has 1 atom stereocenters. The Kier molecular flexibility index (Phi) is 4.88. The summed E-state index contributed by atoms with van der Waals surface area (Å²) < 4.78 is 10.2. The van der Waals surface area contributed by atoms with Gasteiger partial charge in [-0.25, -0.2) is 0 Å². The number of aliphatic carboxylic acids is 1. The molecule has 1 N–H and O–H groups in total. The number of carbonyl (C=O) groups is 2. The van der Waals surface area contributed by atoms with Crippen molar-refractivity contribution in [1.29, 1.82) is 0 Å². The van der Waals surface area contributed by atoms with E-state index in [1.165, 1.54) is 7.11 Å². The molecular formula is C15H25NO5. The zero-order valence-electron chi connectivity index (χ0n) is 12.9. The average Bonchev–Trinajstić information content (AvgIpc) is 2.83. The van der Waals surface area contributed by atoms with Crippen LogP contribution in [0.15, 0.2) is 0 Å². The lowest BCUT2D eigenvalue weighted by Gasteiger charge is -2.43. The first-order valence-electron chi connectivity index (χ1n) is 7.50. The minimum Gasteiger partial charge on any atom is -0.481 e. The van der Waals surface area contributed by atoms with Crippen LogP contribution in [0.5, 0.6) is 0 Å². The van der Waals surface area contributed by atoms with Gasteiger partial charge in [0.25, 0.3) is 0 Å². The molecule has 2 fully saturated rings. The second kappa shape index (κ2) is 6.32. The van der Waals surface area contributed by atoms with E-state index in [1.54, 1.807) is 12.0 Å². The predicted molar refractivity (Wildman–Crippen MR) is 75.9 cm³/mol. The summed E-state index contributed by atoms with van der Waals surface area (Å²) in [6.45, 7) is 1.48. The lowest BCUT2D eigenvalue weighted by molar-refractivity contribution is -0.154. The Morgan fingerprint density at radius 3 is 2.33 bits per heavy atom. The third-order valence-electron chi connectivity index (χ3n) is 5.06. The van der Waals surface area contributed by atoms with Gasteiger partial charge in [-0.1, -0.05) is 6.42 Å². The maximum atomic E-state index is 12.8. The molecule has 1 saturated heterocycles. The Hall–Kier alpha value is -1.14. The van der Waals surface area contributed by atoms with Crippen LogP contribution in [0.25, 0.3) is 0 Å². The average molecular weight is 299 g/mol. The number of likely N-dealkylation sites (tertiary alicyclic amines) is 1. The van der Waals surface area contributed by atoms with Crippen molar-refractivity contribution >= 4 is 11.9 Å². The number of methoxy groups -OCH3 is 2. The first-order chi connectivity index (χ1) is 9.99. The van der Waals surface area contributed by atoms with E-state index < -0.39 is 11.4 Å². The minimum atomic E-state index is -0.948. The van der Waals surface area contributed by atoms with E-state index >= 15 is 0 Å². The van der Waals surface area contributed by atoms with E-state index in [1.807, 2.05) is 0 Å². The smallest absolute Gasteiger partial charge is 0.313 e. The number of carboxylic acids is 1. The highest BCUT2D eigenvalue weighted by Crippen LogP contribution is 2.47. The third kappa shape index (κ3) is 2.92. The van der Waals surface area contributed by atoms with Gasteiger partial charge in [0, 0.05) is 33.9 Å². The molecule has 0 aromatic rings. The molecule has 21 heavy (non-hydrogen) atoms. The molecule has 2 rings (SSSR count). The van der Waals surface area contributed by atoms with Crippen molar-refractivity contribution in [3.63, 3.8) is 0 Å². The largest absolute Gasteiger partial charge is 0.481 e. The highest BCUT2D eigenvalue weighted by molar-refractivity contribution is 5.85. The maximum absolute atomic E-state index is 12.8. The van der Waals surface area contributed by atoms with Gasteiger partial charge < -0.3 is 19.5 Å². The van der Waals surface area contributed by atoms with E-state index in [0.717, 1.165) is 25.7 Å². The molecule has 0 spiro atoms. The van der Waals surface area contributed by atoms with E-state index in [4.69, 9.17) is 9.47 Å². The highest BCUT2D eigenvalue weighted by Gasteiger charge is 2.52. The van der Waals surface area contributed by atoms with Gasteiger partial charge in [0.15, 0.2) is 0 Å². The summed E-state index contributed by atoms with van der Waals surface area (Å²) >= 11 is 0. The Labute approximate surface area is 125 Å². The summed E-state index contributed by atoms with van der Waals surface area (Å²) in [5.41, 5.74) is -1.27. The molecule has 1 heterocycles. The lowest BCUT2D eigenvalue weighted by Crippen LogP contribution is -2.49. The van der Waals surface area contributed by atoms with Crippen LogP contribution in [0.1, 0.15) is 32.1 Å². The second-order valence-corrected chi connectivity index (χ2v) is 6.37. The third-order valence-corrected chi connectivity index (χ3v) is 5.06. The first kappa shape index (κ1) is 16.2. The van der Waals surface area contributed by atoms with Crippen molar-refractivity contribution in [3.8, 4) is 0 Å². The molecule has 6 heteroatoms. The monoisotopic (exact) mass is 299 g/mol. The predicted octanol–water partition coefficient (Wildman–Crippen LogP) is 1.14. The Morgan fingerprint density at radius 2 is 1.86 bits per heavy atom. The number of hydrogen-bond donors (Lipinski definition) is 1. The fourth-order valence-electron chi connectivity index (χ4n) is 3.48. The van der Waals surface area contributed by atoms with Crippen LogP contribution in [-0.2, 0) is 19.1 Å². The number of amides is 1. The van der Waals surface area contributed by atoms with Crippen molar-refractivity contribution in [2.75, 3.05) is 40.5 Å². The molecule has 0 radical (unpaired) electrons. The molecular weight excluding hydrogens is 274 g/mol. The van der Waals surface area contributed by atoms with Crippen LogP contribution in [-0.4, -0.2) is 62.4 Å². The number of carbonyl (C=O) groups excluding carboxylic acids is 1. The quantitative estimate of drug-likeness (QED) is 0.763. The highest BCUT2D eigenvalue weighted by atomic mass is 16.5. The zero-order chi connectivity index (χ0) is 15.5. The van der Waals surface area contributed by atoms with Crippen LogP contribution in [0, 0.1) is 10.8 Å². The summed E-state index contributed by atoms with van der Waals surface area (Å²) in [4.78, 5) is 26.1. The van der Waals surface area contributed by atoms with Crippen LogP contribution in [0.3, 0.4) is 0 Å². The zero-order valence-corrected chi connectivity index (χ0v) is 12.9.